The molecule has 1 heterocycles. The summed E-state index contributed by atoms with van der Waals surface area (Å²) in [6, 6.07) is 16.8. The molecule has 30 heavy (non-hydrogen) atoms. The van der Waals surface area contributed by atoms with Crippen LogP contribution in [0.4, 0.5) is 14.9 Å². The topological polar surface area (TPSA) is 72.3 Å². The normalized spacial score (nSPS) is 11.6. The number of hydrogen-bond donors (Lipinski definition) is 1. The summed E-state index contributed by atoms with van der Waals surface area (Å²) in [7, 11) is 1.58. The molecule has 0 aromatic heterocycles. The number of nitrogens with one attached hydrogen (secondary N) is 1. The fourth-order valence-electron chi connectivity index (χ4n) is 2.94. The zero-order valence-corrected chi connectivity index (χ0v) is 16.9. The number of halogens is 2. The summed E-state index contributed by atoms with van der Waals surface area (Å²) in [5.41, 5.74) is 2.70. The van der Waals surface area contributed by atoms with Gasteiger partial charge >= 0.3 is 6.03 Å². The van der Waals surface area contributed by atoms with Crippen LogP contribution in [0.2, 0.25) is 0 Å². The smallest absolute Gasteiger partial charge is 0.368 e. The molecule has 0 unspecified atom stereocenters. The highest BCUT2D eigenvalue weighted by atomic mass is 35.5. The Morgan fingerprint density at radius 2 is 1.63 bits per heavy atom. The molecule has 0 atom stereocenters. The molecule has 0 radical (unpaired) electrons. The van der Waals surface area contributed by atoms with Gasteiger partial charge in [0.1, 0.15) is 12.4 Å². The molecule has 0 bridgehead atoms. The van der Waals surface area contributed by atoms with Gasteiger partial charge < -0.3 is 14.8 Å². The molecule has 4 rings (SSSR count). The molecule has 154 valence electrons. The van der Waals surface area contributed by atoms with Crippen molar-refractivity contribution >= 4 is 24.1 Å². The Morgan fingerprint density at radius 3 is 2.40 bits per heavy atom. The van der Waals surface area contributed by atoms with E-state index in [1.54, 1.807) is 31.4 Å². The van der Waals surface area contributed by atoms with E-state index in [2.05, 4.69) is 15.3 Å². The number of carbonyl (C=O) groups is 1. The first-order valence-corrected chi connectivity index (χ1v) is 9.00. The van der Waals surface area contributed by atoms with E-state index in [1.807, 2.05) is 24.3 Å². The Labute approximate surface area is 178 Å². The van der Waals surface area contributed by atoms with Crippen molar-refractivity contribution in [3.8, 4) is 11.5 Å². The zero-order chi connectivity index (χ0) is 20.2. The highest BCUT2D eigenvalue weighted by molar-refractivity contribution is 5.85. The van der Waals surface area contributed by atoms with Gasteiger partial charge in [0, 0.05) is 12.2 Å². The van der Waals surface area contributed by atoms with Crippen LogP contribution < -0.4 is 25.5 Å². The molecular weight excluding hydrogens is 409 g/mol. The van der Waals surface area contributed by atoms with Crippen molar-refractivity contribution in [1.29, 1.82) is 0 Å². The average molecular weight is 428 g/mol. The minimum Gasteiger partial charge on any atom is -0.493 e. The lowest BCUT2D eigenvalue weighted by Gasteiger charge is -2.13. The summed E-state index contributed by atoms with van der Waals surface area (Å²) in [6.07, 6.45) is 0. The maximum atomic E-state index is 13.0. The second-order valence-corrected chi connectivity index (χ2v) is 6.46. The van der Waals surface area contributed by atoms with Crippen LogP contribution in [0.5, 0.6) is 11.5 Å². The van der Waals surface area contributed by atoms with Gasteiger partial charge in [-0.2, -0.15) is 9.98 Å². The van der Waals surface area contributed by atoms with Crippen LogP contribution in [0.25, 0.3) is 0 Å². The molecule has 1 aliphatic heterocycles. The van der Waals surface area contributed by atoms with Gasteiger partial charge in [-0.15, -0.1) is 12.4 Å². The van der Waals surface area contributed by atoms with Gasteiger partial charge in [-0.1, -0.05) is 18.2 Å². The van der Waals surface area contributed by atoms with E-state index in [0.29, 0.717) is 35.4 Å². The fraction of sp³-hybridized carbons (Fsp3) is 0.136. The molecule has 0 saturated heterocycles. The van der Waals surface area contributed by atoms with Crippen molar-refractivity contribution < 1.29 is 18.7 Å². The summed E-state index contributed by atoms with van der Waals surface area (Å²) in [5, 5.41) is 4.45. The maximum Gasteiger partial charge on any atom is 0.368 e. The first kappa shape index (κ1) is 21.3. The number of nitrogens with zero attached hydrogens (tertiary/aromatic N) is 2. The fourth-order valence-corrected chi connectivity index (χ4v) is 2.94. The maximum absolute atomic E-state index is 13.0. The number of rotatable bonds is 7. The van der Waals surface area contributed by atoms with E-state index in [1.165, 1.54) is 12.1 Å². The Kier molecular flexibility index (Phi) is 6.64. The molecule has 8 heteroatoms. The summed E-state index contributed by atoms with van der Waals surface area (Å²) < 4.78 is 24.2. The van der Waals surface area contributed by atoms with Crippen molar-refractivity contribution in [3.63, 3.8) is 0 Å². The molecular formula is C22H19ClFN3O3. The number of ether oxygens (including phenoxy) is 2. The van der Waals surface area contributed by atoms with Crippen molar-refractivity contribution in [2.45, 2.75) is 13.2 Å². The highest BCUT2D eigenvalue weighted by Crippen LogP contribution is 2.29. The average Bonchev–Trinajstić information content (AvgIpc) is 3.11. The van der Waals surface area contributed by atoms with Crippen LogP contribution in [-0.4, -0.2) is 13.1 Å². The Morgan fingerprint density at radius 1 is 0.900 bits per heavy atom. The van der Waals surface area contributed by atoms with Gasteiger partial charge in [0.25, 0.3) is 0 Å². The first-order chi connectivity index (χ1) is 14.1. The molecule has 0 aliphatic carbocycles. The molecule has 0 saturated carbocycles. The third-order valence-electron chi connectivity index (χ3n) is 4.44. The first-order valence-electron chi connectivity index (χ1n) is 9.00. The van der Waals surface area contributed by atoms with Crippen LogP contribution in [0, 0.1) is 5.82 Å². The standard InChI is InChI=1S/C22H18FN3O3.ClH/c1-28-21-10-15(4-9-20(21)29-13-14-2-5-16(23)6-3-14)12-24-17-7-8-18-19(11-17)26-22(27)25-18;/h2-11,24H,12-13H2,1H3;1H. The Hall–Kier alpha value is -3.45. The number of methoxy groups -OCH3 is 1. The van der Waals surface area contributed by atoms with Gasteiger partial charge in [-0.3, -0.25) is 0 Å². The minimum absolute atomic E-state index is 0. The predicted octanol–water partition coefficient (Wildman–Crippen LogP) is 3.82. The van der Waals surface area contributed by atoms with Crippen LogP contribution in [0.3, 0.4) is 0 Å². The van der Waals surface area contributed by atoms with Crippen molar-refractivity contribution in [2.75, 3.05) is 12.4 Å². The molecule has 3 aromatic rings. The van der Waals surface area contributed by atoms with E-state index in [9.17, 15) is 9.18 Å². The summed E-state index contributed by atoms with van der Waals surface area (Å²) in [5.74, 6) is 0.943. The Bertz CT molecular complexity index is 1180. The summed E-state index contributed by atoms with van der Waals surface area (Å²) in [6.45, 7) is 0.870. The second-order valence-electron chi connectivity index (χ2n) is 6.46. The zero-order valence-electron chi connectivity index (χ0n) is 16.1. The van der Waals surface area contributed by atoms with E-state index in [-0.39, 0.29) is 18.2 Å². The van der Waals surface area contributed by atoms with Gasteiger partial charge in [-0.25, -0.2) is 9.18 Å². The molecule has 6 nitrogen and oxygen atoms in total. The lowest BCUT2D eigenvalue weighted by Crippen LogP contribution is -2.21. The van der Waals surface area contributed by atoms with E-state index in [4.69, 9.17) is 9.47 Å². The van der Waals surface area contributed by atoms with E-state index < -0.39 is 6.03 Å². The highest BCUT2D eigenvalue weighted by Gasteiger charge is 2.08. The molecule has 3 aromatic carbocycles. The van der Waals surface area contributed by atoms with Crippen molar-refractivity contribution in [1.82, 2.24) is 0 Å². The number of amides is 2. The van der Waals surface area contributed by atoms with Crippen molar-refractivity contribution in [3.05, 3.63) is 88.3 Å². The van der Waals surface area contributed by atoms with Crippen molar-refractivity contribution in [2.24, 2.45) is 9.98 Å². The molecule has 2 amide bonds. The van der Waals surface area contributed by atoms with Crippen LogP contribution in [0.15, 0.2) is 70.6 Å². The second kappa shape index (κ2) is 9.37. The number of hydrogen-bond acceptors (Lipinski definition) is 4. The number of carbonyl (C=O) groups excluding carboxylic acids is 1. The Balaban J connectivity index is 0.00000256. The van der Waals surface area contributed by atoms with E-state index in [0.717, 1.165) is 16.8 Å². The van der Waals surface area contributed by atoms with Gasteiger partial charge in [0.15, 0.2) is 11.5 Å². The summed E-state index contributed by atoms with van der Waals surface area (Å²) >= 11 is 0. The molecule has 0 spiro atoms. The van der Waals surface area contributed by atoms with Gasteiger partial charge in [-0.05, 0) is 53.6 Å². The lowest BCUT2D eigenvalue weighted by molar-refractivity contribution is 0.256. The third-order valence-corrected chi connectivity index (χ3v) is 4.44. The van der Waals surface area contributed by atoms with Crippen LogP contribution in [-0.2, 0) is 13.2 Å². The number of benzene rings is 3. The lowest BCUT2D eigenvalue weighted by atomic mass is 10.2. The third kappa shape index (κ3) is 4.93. The quantitative estimate of drug-likeness (QED) is 0.622. The van der Waals surface area contributed by atoms with Gasteiger partial charge in [0.05, 0.1) is 17.8 Å². The number of anilines is 1. The monoisotopic (exact) mass is 427 g/mol. The van der Waals surface area contributed by atoms with Crippen LogP contribution in [0.1, 0.15) is 11.1 Å². The molecule has 0 fully saturated rings. The SMILES string of the molecule is COc1cc(CNc2ccc3c(c2)=NC(=O)N=3)ccc1OCc1ccc(F)cc1.Cl. The van der Waals surface area contributed by atoms with Crippen LogP contribution >= 0.6 is 12.4 Å². The minimum atomic E-state index is -0.474. The number of fused-ring (bicyclic) bond motifs is 1. The predicted molar refractivity (Wildman–Crippen MR) is 112 cm³/mol. The molecule has 1 aliphatic rings. The number of urea groups is 1. The van der Waals surface area contributed by atoms with Gasteiger partial charge in [0.2, 0.25) is 0 Å². The summed E-state index contributed by atoms with van der Waals surface area (Å²) in [4.78, 5) is 18.9. The van der Waals surface area contributed by atoms with E-state index >= 15 is 0 Å². The molecule has 1 N–H and O–H groups in total. The largest absolute Gasteiger partial charge is 0.493 e.